The molecule has 17 heteroatoms. The highest BCUT2D eigenvalue weighted by atomic mass is 16.5. The van der Waals surface area contributed by atoms with Crippen molar-refractivity contribution in [1.82, 2.24) is 24.2 Å². The monoisotopic (exact) mass is 741 g/mol. The number of allylic oxidation sites excluding steroid dienone is 1. The molecule has 54 heavy (non-hydrogen) atoms. The van der Waals surface area contributed by atoms with Crippen molar-refractivity contribution in [2.45, 2.75) is 32.9 Å². The van der Waals surface area contributed by atoms with Crippen LogP contribution in [-0.2, 0) is 31.3 Å². The maximum atomic E-state index is 13.9. The minimum absolute atomic E-state index is 0.253. The number of nitrogens with two attached hydrogens (primary N) is 2. The van der Waals surface area contributed by atoms with Crippen molar-refractivity contribution >= 4 is 46.1 Å². The van der Waals surface area contributed by atoms with E-state index in [9.17, 15) is 14.4 Å². The second kappa shape index (κ2) is 16.4. The van der Waals surface area contributed by atoms with Crippen LogP contribution in [0.5, 0.6) is 11.5 Å². The molecule has 0 spiro atoms. The smallest absolute Gasteiger partial charge is 0.298 e. The third-order valence-corrected chi connectivity index (χ3v) is 9.42. The SMILES string of the molecule is CCn1nc2cc1C(=O)N=C1N(C)c3cc(C(N)=O)cc(OC)c3N1C/C=C/Cn1c(=NC)n(C)c3cc(C(N)=O)cc(c31)OCCCNCCOCC2. The zero-order valence-corrected chi connectivity index (χ0v) is 31.3. The van der Waals surface area contributed by atoms with Crippen LogP contribution in [0.15, 0.2) is 52.5 Å². The molecule has 3 amide bonds. The molecule has 0 radical (unpaired) electrons. The Kier molecular flexibility index (Phi) is 11.5. The Balaban J connectivity index is 1.44. The number of aryl methyl sites for hydroxylation is 2. The number of aliphatic imine (C=N–C) groups is 1. The first-order valence-corrected chi connectivity index (χ1v) is 17.8. The average Bonchev–Trinajstić information content (AvgIpc) is 3.79. The largest absolute Gasteiger partial charge is 0.494 e. The third-order valence-electron chi connectivity index (χ3n) is 9.42. The van der Waals surface area contributed by atoms with Gasteiger partial charge < -0.3 is 49.9 Å². The van der Waals surface area contributed by atoms with Gasteiger partial charge in [-0.05, 0) is 50.2 Å². The lowest BCUT2D eigenvalue weighted by Gasteiger charge is -2.20. The standard InChI is InChI=1S/C37H47N11O6/c1-6-48-28-22-25(43-48)10-16-53-17-12-41-11-9-15-54-30-21-24(34(39)50)19-27-32(30)46(36(40-2)44(27)3)13-7-8-14-47-31-26(45(4)37(47)42-35(28)51)18-23(33(38)49)20-29(31)52-5/h7-8,18-22,41H,6,9-17H2,1-5H3,(H2,38,49)(H2,39,50)/b8-7+,40-36?,42-37?. The van der Waals surface area contributed by atoms with Crippen LogP contribution < -0.4 is 41.7 Å². The molecule has 0 atom stereocenters. The minimum atomic E-state index is -0.616. The van der Waals surface area contributed by atoms with Crippen LogP contribution in [0, 0.1) is 0 Å². The molecule has 6 rings (SSSR count). The Hall–Kier alpha value is -5.94. The maximum Gasteiger partial charge on any atom is 0.298 e. The van der Waals surface area contributed by atoms with Crippen LogP contribution >= 0.6 is 0 Å². The molecular weight excluding hydrogens is 694 g/mol. The third kappa shape index (κ3) is 7.45. The van der Waals surface area contributed by atoms with Crippen molar-refractivity contribution in [2.24, 2.45) is 28.5 Å². The normalized spacial score (nSPS) is 17.0. The van der Waals surface area contributed by atoms with Crippen LogP contribution in [0.25, 0.3) is 11.0 Å². The number of rotatable bonds is 4. The van der Waals surface area contributed by atoms with E-state index in [1.165, 1.54) is 7.11 Å². The Morgan fingerprint density at radius 1 is 1.00 bits per heavy atom. The molecule has 4 aromatic rings. The number of hydrogen-bond donors (Lipinski definition) is 3. The summed E-state index contributed by atoms with van der Waals surface area (Å²) >= 11 is 0. The highest BCUT2D eigenvalue weighted by Crippen LogP contribution is 2.44. The van der Waals surface area contributed by atoms with Gasteiger partial charge in [-0.1, -0.05) is 12.2 Å². The predicted octanol–water partition coefficient (Wildman–Crippen LogP) is 1.57. The lowest BCUT2D eigenvalue weighted by Crippen LogP contribution is -2.37. The lowest BCUT2D eigenvalue weighted by atomic mass is 10.1. The number of aromatic nitrogens is 4. The zero-order chi connectivity index (χ0) is 38.5. The van der Waals surface area contributed by atoms with E-state index in [0.29, 0.717) is 105 Å². The topological polar surface area (TPSA) is 202 Å². The van der Waals surface area contributed by atoms with Gasteiger partial charge in [0.2, 0.25) is 23.4 Å². The number of imidazole rings is 1. The molecule has 2 aromatic carbocycles. The fraction of sp³-hybridized carbons (Fsp3) is 0.405. The summed E-state index contributed by atoms with van der Waals surface area (Å²) in [5, 5.41) is 8.01. The molecule has 2 aliphatic heterocycles. The zero-order valence-electron chi connectivity index (χ0n) is 31.3. The molecule has 4 heterocycles. The van der Waals surface area contributed by atoms with E-state index in [4.69, 9.17) is 25.7 Å². The van der Waals surface area contributed by atoms with Gasteiger partial charge in [0, 0.05) is 64.9 Å². The van der Waals surface area contributed by atoms with Crippen molar-refractivity contribution < 1.29 is 28.6 Å². The summed E-state index contributed by atoms with van der Waals surface area (Å²) in [7, 11) is 6.86. The summed E-state index contributed by atoms with van der Waals surface area (Å²) in [6.45, 7) is 5.74. The number of guanidine groups is 1. The number of hydrogen-bond acceptors (Lipinski definition) is 11. The highest BCUT2D eigenvalue weighted by molar-refractivity contribution is 6.21. The van der Waals surface area contributed by atoms with Gasteiger partial charge in [-0.2, -0.15) is 10.1 Å². The summed E-state index contributed by atoms with van der Waals surface area (Å²) in [6, 6.07) is 8.41. The van der Waals surface area contributed by atoms with Crippen molar-refractivity contribution in [3.05, 3.63) is 70.6 Å². The highest BCUT2D eigenvalue weighted by Gasteiger charge is 2.35. The molecule has 2 aromatic heterocycles. The summed E-state index contributed by atoms with van der Waals surface area (Å²) in [6.07, 6.45) is 5.17. The number of nitrogens with zero attached hydrogens (tertiary/aromatic N) is 8. The second-order valence-electron chi connectivity index (χ2n) is 12.8. The van der Waals surface area contributed by atoms with Gasteiger partial charge in [-0.25, -0.2) is 0 Å². The summed E-state index contributed by atoms with van der Waals surface area (Å²) in [5.41, 5.74) is 16.4. The number of amides is 3. The average molecular weight is 742 g/mol. The quantitative estimate of drug-likeness (QED) is 0.258. The fourth-order valence-corrected chi connectivity index (χ4v) is 6.76. The molecule has 2 bridgehead atoms. The number of fused-ring (bicyclic) bond motifs is 5. The van der Waals surface area contributed by atoms with Gasteiger partial charge in [0.25, 0.3) is 5.91 Å². The van der Waals surface area contributed by atoms with Gasteiger partial charge in [0.05, 0.1) is 43.8 Å². The number of nitrogens with one attached hydrogen (secondary N) is 1. The van der Waals surface area contributed by atoms with Gasteiger partial charge in [0.1, 0.15) is 28.4 Å². The van der Waals surface area contributed by atoms with E-state index in [2.05, 4.69) is 20.4 Å². The molecule has 0 fully saturated rings. The van der Waals surface area contributed by atoms with E-state index < -0.39 is 17.7 Å². The van der Waals surface area contributed by atoms with E-state index in [-0.39, 0.29) is 12.1 Å². The van der Waals surface area contributed by atoms with E-state index in [0.717, 1.165) is 16.7 Å². The molecular formula is C37H47N11O6. The Morgan fingerprint density at radius 2 is 1.76 bits per heavy atom. The Morgan fingerprint density at radius 3 is 2.48 bits per heavy atom. The number of benzene rings is 2. The van der Waals surface area contributed by atoms with Gasteiger partial charge >= 0.3 is 0 Å². The molecule has 0 saturated heterocycles. The summed E-state index contributed by atoms with van der Waals surface area (Å²) < 4.78 is 23.5. The van der Waals surface area contributed by atoms with E-state index in [1.807, 2.05) is 40.2 Å². The van der Waals surface area contributed by atoms with Crippen LogP contribution in [0.1, 0.15) is 50.2 Å². The first kappa shape index (κ1) is 37.8. The molecule has 0 saturated carbocycles. The maximum absolute atomic E-state index is 13.9. The molecule has 286 valence electrons. The van der Waals surface area contributed by atoms with Gasteiger partial charge in [-0.15, -0.1) is 0 Å². The summed E-state index contributed by atoms with van der Waals surface area (Å²) in [4.78, 5) is 51.3. The number of anilines is 2. The van der Waals surface area contributed by atoms with Gasteiger partial charge in [-0.3, -0.25) is 24.1 Å². The molecule has 5 N–H and O–H groups in total. The van der Waals surface area contributed by atoms with E-state index in [1.54, 1.807) is 54.0 Å². The van der Waals surface area contributed by atoms with Crippen LogP contribution in [-0.4, -0.2) is 103 Å². The van der Waals surface area contributed by atoms with Crippen LogP contribution in [0.2, 0.25) is 0 Å². The molecule has 2 aliphatic rings. The van der Waals surface area contributed by atoms with Crippen molar-refractivity contribution in [3.63, 3.8) is 0 Å². The van der Waals surface area contributed by atoms with Crippen molar-refractivity contribution in [3.8, 4) is 11.5 Å². The first-order chi connectivity index (χ1) is 26.1. The fourth-order valence-electron chi connectivity index (χ4n) is 6.76. The first-order valence-electron chi connectivity index (χ1n) is 17.8. The Bertz CT molecular complexity index is 2210. The number of methoxy groups -OCH3 is 1. The molecule has 0 unspecified atom stereocenters. The number of ether oxygens (including phenoxy) is 3. The molecule has 17 nitrogen and oxygen atoms in total. The summed E-state index contributed by atoms with van der Waals surface area (Å²) in [5.74, 6) is -0.415. The van der Waals surface area contributed by atoms with Crippen LogP contribution in [0.3, 0.4) is 0 Å². The minimum Gasteiger partial charge on any atom is -0.494 e. The number of primary amides is 2. The van der Waals surface area contributed by atoms with E-state index >= 15 is 0 Å². The lowest BCUT2D eigenvalue weighted by molar-refractivity contribution is 0.0986. The van der Waals surface area contributed by atoms with Gasteiger partial charge in [0.15, 0.2) is 0 Å². The second-order valence-corrected chi connectivity index (χ2v) is 12.8. The molecule has 0 aliphatic carbocycles. The Labute approximate surface area is 312 Å². The number of carbonyl (C=O) groups excluding carboxylic acids is 3. The van der Waals surface area contributed by atoms with Crippen molar-refractivity contribution in [2.75, 3.05) is 70.5 Å². The van der Waals surface area contributed by atoms with Crippen LogP contribution in [0.4, 0.5) is 11.4 Å². The number of carbonyl (C=O) groups is 3. The van der Waals surface area contributed by atoms with Crippen molar-refractivity contribution in [1.29, 1.82) is 0 Å². The predicted molar refractivity (Wildman–Crippen MR) is 204 cm³/mol.